The SMILES string of the molecule is CCOP(=O)(OCC)N(CCCCBr)OCc1ccccc1. The lowest BCUT2D eigenvalue weighted by Gasteiger charge is -2.28. The van der Waals surface area contributed by atoms with Crippen LogP contribution >= 0.6 is 23.7 Å². The maximum absolute atomic E-state index is 12.9. The molecule has 0 amide bonds. The van der Waals surface area contributed by atoms with Crippen LogP contribution in [0.3, 0.4) is 0 Å². The third-order valence-corrected chi connectivity index (χ3v) is 5.41. The first-order valence-corrected chi connectivity index (χ1v) is 10.2. The Kier molecular flexibility index (Phi) is 10.2. The van der Waals surface area contributed by atoms with Crippen LogP contribution in [-0.4, -0.2) is 29.9 Å². The Morgan fingerprint density at radius 3 is 2.27 bits per heavy atom. The molecule has 0 aromatic heterocycles. The Bertz CT molecular complexity index is 436. The first-order chi connectivity index (χ1) is 10.7. The van der Waals surface area contributed by atoms with Gasteiger partial charge in [-0.15, -0.1) is 0 Å². The molecule has 7 heteroatoms. The first kappa shape index (κ1) is 19.8. The van der Waals surface area contributed by atoms with Crippen molar-refractivity contribution in [1.82, 2.24) is 4.83 Å². The predicted molar refractivity (Wildman–Crippen MR) is 91.8 cm³/mol. The van der Waals surface area contributed by atoms with Crippen LogP contribution in [0, 0.1) is 0 Å². The van der Waals surface area contributed by atoms with E-state index in [1.807, 2.05) is 30.3 Å². The molecule has 126 valence electrons. The van der Waals surface area contributed by atoms with E-state index in [4.69, 9.17) is 13.9 Å². The molecule has 0 radical (unpaired) electrons. The lowest BCUT2D eigenvalue weighted by atomic mass is 10.2. The minimum atomic E-state index is -3.41. The van der Waals surface area contributed by atoms with Crippen LogP contribution in [0.15, 0.2) is 30.3 Å². The fraction of sp³-hybridized carbons (Fsp3) is 0.600. The van der Waals surface area contributed by atoms with Gasteiger partial charge in [-0.3, -0.25) is 13.9 Å². The van der Waals surface area contributed by atoms with Crippen LogP contribution in [0.4, 0.5) is 0 Å². The van der Waals surface area contributed by atoms with Crippen molar-refractivity contribution in [3.63, 3.8) is 0 Å². The van der Waals surface area contributed by atoms with Crippen LogP contribution in [0.1, 0.15) is 32.3 Å². The van der Waals surface area contributed by atoms with Crippen LogP contribution < -0.4 is 0 Å². The number of hydrogen-bond acceptors (Lipinski definition) is 4. The maximum Gasteiger partial charge on any atom is 0.431 e. The molecule has 0 heterocycles. The Balaban J connectivity index is 2.74. The Labute approximate surface area is 141 Å². The summed E-state index contributed by atoms with van der Waals surface area (Å²) in [7, 11) is -3.41. The summed E-state index contributed by atoms with van der Waals surface area (Å²) >= 11 is 3.40. The van der Waals surface area contributed by atoms with E-state index in [9.17, 15) is 4.57 Å². The van der Waals surface area contributed by atoms with E-state index in [1.54, 1.807) is 13.8 Å². The zero-order chi connectivity index (χ0) is 16.3. The molecule has 0 fully saturated rings. The molecule has 0 atom stereocenters. The highest BCUT2D eigenvalue weighted by molar-refractivity contribution is 9.09. The summed E-state index contributed by atoms with van der Waals surface area (Å²) in [4.78, 5) is 7.13. The Morgan fingerprint density at radius 2 is 1.73 bits per heavy atom. The van der Waals surface area contributed by atoms with Gasteiger partial charge in [0.2, 0.25) is 0 Å². The zero-order valence-corrected chi connectivity index (χ0v) is 15.7. The molecular weight excluding hydrogens is 369 g/mol. The number of unbranched alkanes of at least 4 members (excludes halogenated alkanes) is 1. The Hall–Kier alpha value is -0.230. The summed E-state index contributed by atoms with van der Waals surface area (Å²) in [5.74, 6) is 0. The molecule has 1 aromatic rings. The van der Waals surface area contributed by atoms with Gasteiger partial charge in [0.05, 0.1) is 19.8 Å². The third-order valence-electron chi connectivity index (χ3n) is 2.81. The molecule has 0 aliphatic rings. The highest BCUT2D eigenvalue weighted by atomic mass is 79.9. The van der Waals surface area contributed by atoms with E-state index in [-0.39, 0.29) is 0 Å². The van der Waals surface area contributed by atoms with E-state index in [2.05, 4.69) is 15.9 Å². The monoisotopic (exact) mass is 393 g/mol. The molecule has 0 aliphatic heterocycles. The molecule has 0 saturated carbocycles. The molecule has 5 nitrogen and oxygen atoms in total. The first-order valence-electron chi connectivity index (χ1n) is 7.56. The van der Waals surface area contributed by atoms with Crippen molar-refractivity contribution in [3.8, 4) is 0 Å². The second-order valence-electron chi connectivity index (χ2n) is 4.54. The second kappa shape index (κ2) is 11.3. The quantitative estimate of drug-likeness (QED) is 0.221. The number of benzene rings is 1. The average molecular weight is 394 g/mol. The third kappa shape index (κ3) is 6.90. The van der Waals surface area contributed by atoms with Crippen molar-refractivity contribution in [2.75, 3.05) is 25.1 Å². The van der Waals surface area contributed by atoms with Crippen LogP contribution in [-0.2, 0) is 25.1 Å². The lowest BCUT2D eigenvalue weighted by molar-refractivity contribution is -0.122. The maximum atomic E-state index is 12.9. The molecule has 0 saturated heterocycles. The van der Waals surface area contributed by atoms with Crippen molar-refractivity contribution >= 4 is 23.7 Å². The molecule has 0 unspecified atom stereocenters. The minimum absolute atomic E-state index is 0.306. The predicted octanol–water partition coefficient (Wildman–Crippen LogP) is 4.78. The molecule has 0 N–H and O–H groups in total. The number of hydroxylamine groups is 1. The Morgan fingerprint density at radius 1 is 1.09 bits per heavy atom. The standard InChI is InChI=1S/C15H25BrNO4P/c1-3-20-22(18,21-4-2)17(13-9-8-12-16)19-14-15-10-6-5-7-11-15/h5-7,10-11H,3-4,8-9,12-14H2,1-2H3. The molecular formula is C15H25BrNO4P. The summed E-state index contributed by atoms with van der Waals surface area (Å²) in [6, 6.07) is 9.76. The number of halogens is 1. The van der Waals surface area contributed by atoms with Crippen molar-refractivity contribution in [2.45, 2.75) is 33.3 Å². The van der Waals surface area contributed by atoms with Gasteiger partial charge in [0.1, 0.15) is 0 Å². The zero-order valence-electron chi connectivity index (χ0n) is 13.2. The highest BCUT2D eigenvalue weighted by Gasteiger charge is 2.34. The number of rotatable bonds is 12. The summed E-state index contributed by atoms with van der Waals surface area (Å²) < 4.78 is 23.6. The normalized spacial score (nSPS) is 12.0. The van der Waals surface area contributed by atoms with Gasteiger partial charge in [-0.2, -0.15) is 0 Å². The van der Waals surface area contributed by atoms with Crippen molar-refractivity contribution in [1.29, 1.82) is 0 Å². The van der Waals surface area contributed by atoms with Gasteiger partial charge < -0.3 is 0 Å². The molecule has 0 bridgehead atoms. The molecule has 1 aromatic carbocycles. The lowest BCUT2D eigenvalue weighted by Crippen LogP contribution is -2.25. The smallest absolute Gasteiger partial charge is 0.296 e. The van der Waals surface area contributed by atoms with Crippen LogP contribution in [0.2, 0.25) is 0 Å². The van der Waals surface area contributed by atoms with Crippen molar-refractivity contribution in [2.24, 2.45) is 0 Å². The van der Waals surface area contributed by atoms with Crippen LogP contribution in [0.5, 0.6) is 0 Å². The van der Waals surface area contributed by atoms with Crippen molar-refractivity contribution in [3.05, 3.63) is 35.9 Å². The molecule has 0 spiro atoms. The number of hydrogen-bond donors (Lipinski definition) is 0. The fourth-order valence-electron chi connectivity index (χ4n) is 1.81. The van der Waals surface area contributed by atoms with E-state index < -0.39 is 7.75 Å². The minimum Gasteiger partial charge on any atom is -0.296 e. The summed E-state index contributed by atoms with van der Waals surface area (Å²) in [5.41, 5.74) is 1.01. The van der Waals surface area contributed by atoms with Crippen LogP contribution in [0.25, 0.3) is 0 Å². The molecule has 1 rings (SSSR count). The van der Waals surface area contributed by atoms with E-state index in [0.29, 0.717) is 26.4 Å². The van der Waals surface area contributed by atoms with Gasteiger partial charge in [0.25, 0.3) is 0 Å². The van der Waals surface area contributed by atoms with Crippen molar-refractivity contribution < 1.29 is 18.5 Å². The van der Waals surface area contributed by atoms with Gasteiger partial charge in [-0.05, 0) is 32.3 Å². The summed E-state index contributed by atoms with van der Waals surface area (Å²) in [5, 5.41) is 0.896. The van der Waals surface area contributed by atoms with Gasteiger partial charge in [-0.25, -0.2) is 4.57 Å². The number of nitrogens with zero attached hydrogens (tertiary/aromatic N) is 1. The number of alkyl halides is 1. The fourth-order valence-corrected chi connectivity index (χ4v) is 3.78. The van der Waals surface area contributed by atoms with Gasteiger partial charge in [-0.1, -0.05) is 51.1 Å². The highest BCUT2D eigenvalue weighted by Crippen LogP contribution is 2.52. The molecule has 0 aliphatic carbocycles. The van der Waals surface area contributed by atoms with Gasteiger partial charge >= 0.3 is 7.75 Å². The second-order valence-corrected chi connectivity index (χ2v) is 7.23. The molecule has 22 heavy (non-hydrogen) atoms. The van der Waals surface area contributed by atoms with Gasteiger partial charge in [0.15, 0.2) is 0 Å². The topological polar surface area (TPSA) is 48.0 Å². The van der Waals surface area contributed by atoms with E-state index >= 15 is 0 Å². The average Bonchev–Trinajstić information content (AvgIpc) is 2.52. The largest absolute Gasteiger partial charge is 0.431 e. The van der Waals surface area contributed by atoms with E-state index in [1.165, 1.54) is 4.83 Å². The van der Waals surface area contributed by atoms with E-state index in [0.717, 1.165) is 23.7 Å². The summed E-state index contributed by atoms with van der Waals surface area (Å²) in [6.07, 6.45) is 1.80. The van der Waals surface area contributed by atoms with Gasteiger partial charge in [0, 0.05) is 11.9 Å². The summed E-state index contributed by atoms with van der Waals surface area (Å²) in [6.45, 7) is 5.02.